The molecule has 1 aromatic heterocycles. The Hall–Kier alpha value is -1.79. The van der Waals surface area contributed by atoms with Crippen molar-refractivity contribution in [3.63, 3.8) is 0 Å². The molecule has 1 aromatic carbocycles. The van der Waals surface area contributed by atoms with Crippen molar-refractivity contribution >= 4 is 0 Å². The zero-order valence-corrected chi connectivity index (χ0v) is 10.7. The van der Waals surface area contributed by atoms with Gasteiger partial charge in [-0.15, -0.1) is 5.10 Å². The molecular formula is C13H16FN3O2. The molecule has 1 N–H and O–H groups in total. The summed E-state index contributed by atoms with van der Waals surface area (Å²) in [7, 11) is 1.54. The summed E-state index contributed by atoms with van der Waals surface area (Å²) in [6, 6.07) is 6.23. The minimum absolute atomic E-state index is 0.259. The van der Waals surface area contributed by atoms with Crippen LogP contribution in [0.5, 0.6) is 0 Å². The molecule has 6 heteroatoms. The van der Waals surface area contributed by atoms with Crippen LogP contribution in [0.15, 0.2) is 30.5 Å². The first-order chi connectivity index (χ1) is 9.17. The molecule has 0 aliphatic carbocycles. The minimum atomic E-state index is -0.582. The number of hydrogen-bond donors (Lipinski definition) is 1. The van der Waals surface area contributed by atoms with Crippen LogP contribution in [0.25, 0.3) is 0 Å². The normalized spacial score (nSPS) is 12.6. The maximum absolute atomic E-state index is 12.8. The van der Waals surface area contributed by atoms with E-state index in [1.165, 1.54) is 19.2 Å². The molecule has 5 nitrogen and oxygen atoms in total. The van der Waals surface area contributed by atoms with E-state index in [0.29, 0.717) is 18.7 Å². The number of benzene rings is 1. The largest absolute Gasteiger partial charge is 0.390 e. The average Bonchev–Trinajstić information content (AvgIpc) is 2.80. The van der Waals surface area contributed by atoms with Gasteiger partial charge in [-0.3, -0.25) is 0 Å². The molecule has 0 aliphatic rings. The molecule has 0 fully saturated rings. The van der Waals surface area contributed by atoms with Gasteiger partial charge in [-0.05, 0) is 17.7 Å². The van der Waals surface area contributed by atoms with E-state index in [-0.39, 0.29) is 12.4 Å². The molecule has 0 saturated carbocycles. The summed E-state index contributed by atoms with van der Waals surface area (Å²) in [6.07, 6.45) is 1.58. The van der Waals surface area contributed by atoms with Gasteiger partial charge in [0.2, 0.25) is 0 Å². The van der Waals surface area contributed by atoms with Crippen LogP contribution in [0, 0.1) is 5.82 Å². The third kappa shape index (κ3) is 4.11. The molecule has 102 valence electrons. The fraction of sp³-hybridized carbons (Fsp3) is 0.385. The Morgan fingerprint density at radius 1 is 1.37 bits per heavy atom. The van der Waals surface area contributed by atoms with Gasteiger partial charge in [0, 0.05) is 19.7 Å². The Morgan fingerprint density at radius 2 is 2.11 bits per heavy atom. The Labute approximate surface area is 110 Å². The van der Waals surface area contributed by atoms with Crippen molar-refractivity contribution in [1.29, 1.82) is 0 Å². The van der Waals surface area contributed by atoms with Gasteiger partial charge in [-0.2, -0.15) is 0 Å². The van der Waals surface area contributed by atoms with Crippen LogP contribution in [-0.4, -0.2) is 39.9 Å². The summed E-state index contributed by atoms with van der Waals surface area (Å²) >= 11 is 0. The van der Waals surface area contributed by atoms with Crippen molar-refractivity contribution in [2.45, 2.75) is 19.1 Å². The summed E-state index contributed by atoms with van der Waals surface area (Å²) in [4.78, 5) is 0. The number of aliphatic hydroxyl groups is 1. The van der Waals surface area contributed by atoms with Gasteiger partial charge in [0.05, 0.1) is 24.9 Å². The number of hydrogen-bond acceptors (Lipinski definition) is 4. The fourth-order valence-electron chi connectivity index (χ4n) is 1.78. The van der Waals surface area contributed by atoms with E-state index in [0.717, 1.165) is 5.56 Å². The van der Waals surface area contributed by atoms with Crippen LogP contribution in [0.1, 0.15) is 11.3 Å². The maximum atomic E-state index is 12.8. The lowest BCUT2D eigenvalue weighted by molar-refractivity contribution is 0.0644. The fourth-order valence-corrected chi connectivity index (χ4v) is 1.78. The van der Waals surface area contributed by atoms with Crippen LogP contribution in [-0.2, 0) is 17.7 Å². The Balaban J connectivity index is 1.95. The van der Waals surface area contributed by atoms with E-state index in [2.05, 4.69) is 10.3 Å². The Kier molecular flexibility index (Phi) is 4.59. The quantitative estimate of drug-likeness (QED) is 0.847. The first-order valence-electron chi connectivity index (χ1n) is 5.98. The van der Waals surface area contributed by atoms with Crippen molar-refractivity contribution in [3.8, 4) is 0 Å². The van der Waals surface area contributed by atoms with Crippen LogP contribution < -0.4 is 0 Å². The highest BCUT2D eigenvalue weighted by Crippen LogP contribution is 2.06. The molecular weight excluding hydrogens is 249 g/mol. The first kappa shape index (κ1) is 13.6. The van der Waals surface area contributed by atoms with Crippen LogP contribution >= 0.6 is 0 Å². The van der Waals surface area contributed by atoms with Gasteiger partial charge in [0.25, 0.3) is 0 Å². The van der Waals surface area contributed by atoms with Gasteiger partial charge in [-0.1, -0.05) is 17.3 Å². The van der Waals surface area contributed by atoms with Crippen LogP contribution in [0.4, 0.5) is 4.39 Å². The van der Waals surface area contributed by atoms with E-state index >= 15 is 0 Å². The molecule has 19 heavy (non-hydrogen) atoms. The number of rotatable bonds is 6. The highest BCUT2D eigenvalue weighted by Gasteiger charge is 2.08. The Bertz CT molecular complexity index is 513. The summed E-state index contributed by atoms with van der Waals surface area (Å²) in [6.45, 7) is 0.790. The highest BCUT2D eigenvalue weighted by atomic mass is 19.1. The topological polar surface area (TPSA) is 60.2 Å². The lowest BCUT2D eigenvalue weighted by Gasteiger charge is -2.05. The average molecular weight is 265 g/mol. The number of aliphatic hydroxyl groups excluding tert-OH is 1. The monoisotopic (exact) mass is 265 g/mol. The molecule has 1 atom stereocenters. The van der Waals surface area contributed by atoms with E-state index in [1.54, 1.807) is 23.0 Å². The second-order valence-electron chi connectivity index (χ2n) is 4.35. The zero-order valence-electron chi connectivity index (χ0n) is 10.7. The van der Waals surface area contributed by atoms with E-state index < -0.39 is 6.10 Å². The van der Waals surface area contributed by atoms with Crippen molar-refractivity contribution in [2.24, 2.45) is 0 Å². The Morgan fingerprint density at radius 3 is 2.79 bits per heavy atom. The summed E-state index contributed by atoms with van der Waals surface area (Å²) < 4.78 is 19.3. The van der Waals surface area contributed by atoms with E-state index in [9.17, 15) is 9.50 Å². The summed E-state index contributed by atoms with van der Waals surface area (Å²) in [5, 5.41) is 17.5. The highest BCUT2D eigenvalue weighted by molar-refractivity contribution is 5.16. The number of methoxy groups -OCH3 is 1. The SMILES string of the molecule is COC[C@@H](O)Cc1cn(Cc2ccc(F)cc2)nn1. The molecule has 0 saturated heterocycles. The number of halogens is 1. The molecule has 2 aromatic rings. The third-order valence-electron chi connectivity index (χ3n) is 2.65. The number of aromatic nitrogens is 3. The zero-order chi connectivity index (χ0) is 13.7. The second kappa shape index (κ2) is 6.40. The summed E-state index contributed by atoms with van der Waals surface area (Å²) in [5.41, 5.74) is 1.64. The van der Waals surface area contributed by atoms with Gasteiger partial charge in [-0.25, -0.2) is 9.07 Å². The predicted molar refractivity (Wildman–Crippen MR) is 67.1 cm³/mol. The van der Waals surface area contributed by atoms with Gasteiger partial charge >= 0.3 is 0 Å². The maximum Gasteiger partial charge on any atom is 0.123 e. The second-order valence-corrected chi connectivity index (χ2v) is 4.35. The minimum Gasteiger partial charge on any atom is -0.390 e. The summed E-state index contributed by atoms with van der Waals surface area (Å²) in [5.74, 6) is -0.259. The van der Waals surface area contributed by atoms with Gasteiger partial charge < -0.3 is 9.84 Å². The number of nitrogens with zero attached hydrogens (tertiary/aromatic N) is 3. The van der Waals surface area contributed by atoms with Crippen molar-refractivity contribution in [1.82, 2.24) is 15.0 Å². The molecule has 1 heterocycles. The van der Waals surface area contributed by atoms with Gasteiger partial charge in [0.15, 0.2) is 0 Å². The van der Waals surface area contributed by atoms with Crippen molar-refractivity contribution < 1.29 is 14.2 Å². The van der Waals surface area contributed by atoms with E-state index in [4.69, 9.17) is 4.74 Å². The lowest BCUT2D eigenvalue weighted by atomic mass is 10.2. The van der Waals surface area contributed by atoms with Crippen LogP contribution in [0.3, 0.4) is 0 Å². The standard InChI is InChI=1S/C13H16FN3O2/c1-19-9-13(18)6-12-8-17(16-15-12)7-10-2-4-11(14)5-3-10/h2-5,8,13,18H,6-7,9H2,1H3/t13-/m0/s1. The van der Waals surface area contributed by atoms with Crippen LogP contribution in [0.2, 0.25) is 0 Å². The smallest absolute Gasteiger partial charge is 0.123 e. The van der Waals surface area contributed by atoms with Crippen molar-refractivity contribution in [2.75, 3.05) is 13.7 Å². The van der Waals surface area contributed by atoms with Gasteiger partial charge in [0.1, 0.15) is 5.82 Å². The lowest BCUT2D eigenvalue weighted by Crippen LogP contribution is -2.17. The number of ether oxygens (including phenoxy) is 1. The molecule has 0 aliphatic heterocycles. The molecule has 2 rings (SSSR count). The van der Waals surface area contributed by atoms with E-state index in [1.807, 2.05) is 0 Å². The molecule has 0 spiro atoms. The third-order valence-corrected chi connectivity index (χ3v) is 2.65. The first-order valence-corrected chi connectivity index (χ1v) is 5.98. The predicted octanol–water partition coefficient (Wildman–Crippen LogP) is 1.02. The molecule has 0 amide bonds. The van der Waals surface area contributed by atoms with Crippen molar-refractivity contribution in [3.05, 3.63) is 47.5 Å². The molecule has 0 bridgehead atoms. The molecule has 0 radical (unpaired) electrons. The molecule has 0 unspecified atom stereocenters.